The summed E-state index contributed by atoms with van der Waals surface area (Å²) in [7, 11) is 0. The van der Waals surface area contributed by atoms with Gasteiger partial charge in [0.15, 0.2) is 0 Å². The number of halogens is 1. The van der Waals surface area contributed by atoms with Gasteiger partial charge in [0.25, 0.3) is 5.79 Å². The molecule has 39 heavy (non-hydrogen) atoms. The zero-order chi connectivity index (χ0) is 28.6. The zero-order valence-electron chi connectivity index (χ0n) is 21.2. The van der Waals surface area contributed by atoms with E-state index in [2.05, 4.69) is 10.6 Å². The predicted octanol–water partition coefficient (Wildman–Crippen LogP) is -1.43. The van der Waals surface area contributed by atoms with E-state index in [1.807, 2.05) is 0 Å². The molecular formula is C25H35ClN2O11. The Morgan fingerprint density at radius 3 is 2.41 bits per heavy atom. The fraction of sp³-hybridized carbons (Fsp3) is 0.640. The molecule has 0 saturated carbocycles. The maximum atomic E-state index is 12.3. The smallest absolute Gasteiger partial charge is 0.364 e. The minimum atomic E-state index is -2.39. The molecule has 2 heterocycles. The van der Waals surface area contributed by atoms with Crippen molar-refractivity contribution in [2.75, 3.05) is 33.0 Å². The first-order valence-corrected chi connectivity index (χ1v) is 13.0. The molecule has 1 aromatic rings. The summed E-state index contributed by atoms with van der Waals surface area (Å²) < 4.78 is 16.7. The molecule has 7 N–H and O–H groups in total. The van der Waals surface area contributed by atoms with Gasteiger partial charge in [0.1, 0.15) is 18.8 Å². The number of carboxylic acids is 1. The molecule has 0 aromatic heterocycles. The van der Waals surface area contributed by atoms with Crippen LogP contribution in [0.2, 0.25) is 5.02 Å². The summed E-state index contributed by atoms with van der Waals surface area (Å²) in [5, 5.41) is 56.8. The summed E-state index contributed by atoms with van der Waals surface area (Å²) in [4.78, 5) is 36.5. The van der Waals surface area contributed by atoms with E-state index >= 15 is 0 Å². The SMILES string of the molecule is O=C(Cc1ccc(Cl)cc1)NC[C@@H](O)[C@@H](O)[C@@H]1O[C@@](OCC2CCOCC2)(C(=O)O)C[C@H](O)[C@H]1NC(=O)CO. The Bertz CT molecular complexity index is 975. The molecule has 0 bridgehead atoms. The van der Waals surface area contributed by atoms with Gasteiger partial charge in [0.05, 0.1) is 31.3 Å². The highest BCUT2D eigenvalue weighted by Crippen LogP contribution is 2.34. The van der Waals surface area contributed by atoms with Crippen LogP contribution in [-0.4, -0.2) is 113 Å². The second-order valence-electron chi connectivity index (χ2n) is 9.70. The van der Waals surface area contributed by atoms with Crippen LogP contribution in [0.4, 0.5) is 0 Å². The molecule has 13 nitrogen and oxygen atoms in total. The Kier molecular flexibility index (Phi) is 11.4. The Hall–Kier alpha value is -2.36. The van der Waals surface area contributed by atoms with E-state index in [9.17, 15) is 34.8 Å². The first kappa shape index (κ1) is 31.2. The molecule has 218 valence electrons. The van der Waals surface area contributed by atoms with E-state index in [-0.39, 0.29) is 18.9 Å². The molecule has 1 aromatic carbocycles. The topological polar surface area (TPSA) is 204 Å². The number of hydrogen-bond acceptors (Lipinski definition) is 10. The summed E-state index contributed by atoms with van der Waals surface area (Å²) in [5.74, 6) is -5.37. The van der Waals surface area contributed by atoms with E-state index in [0.29, 0.717) is 36.6 Å². The maximum Gasteiger partial charge on any atom is 0.364 e. The van der Waals surface area contributed by atoms with Gasteiger partial charge in [-0.1, -0.05) is 23.7 Å². The Balaban J connectivity index is 1.71. The molecule has 3 rings (SSSR count). The molecule has 2 amide bonds. The molecule has 14 heteroatoms. The molecule has 2 fully saturated rings. The summed E-state index contributed by atoms with van der Waals surface area (Å²) >= 11 is 5.84. The highest BCUT2D eigenvalue weighted by molar-refractivity contribution is 6.30. The highest BCUT2D eigenvalue weighted by Gasteiger charge is 2.56. The molecule has 0 radical (unpaired) electrons. The number of aliphatic hydroxyl groups is 4. The van der Waals surface area contributed by atoms with Crippen molar-refractivity contribution >= 4 is 29.4 Å². The largest absolute Gasteiger partial charge is 0.477 e. The van der Waals surface area contributed by atoms with Crippen molar-refractivity contribution in [3.8, 4) is 0 Å². The van der Waals surface area contributed by atoms with Gasteiger partial charge < -0.3 is 50.4 Å². The number of hydrogen-bond donors (Lipinski definition) is 7. The summed E-state index contributed by atoms with van der Waals surface area (Å²) in [6, 6.07) is 5.15. The standard InChI is InChI=1S/C25H35ClN2O11/c26-16-3-1-14(2-4-16)9-19(32)27-11-18(31)22(34)23-21(28-20(33)12-29)17(30)10-25(39-23,24(35)36)38-13-15-5-7-37-8-6-15/h1-4,15,17-18,21-23,29-31,34H,5-13H2,(H,27,32)(H,28,33)(H,35,36)/t17-,18+,21+,22+,23+,25+/m0/s1. The molecule has 0 aliphatic carbocycles. The first-order valence-electron chi connectivity index (χ1n) is 12.6. The molecule has 6 atom stereocenters. The maximum absolute atomic E-state index is 12.3. The summed E-state index contributed by atoms with van der Waals surface area (Å²) in [5.41, 5.74) is 0.658. The number of aliphatic hydroxyl groups excluding tert-OH is 4. The predicted molar refractivity (Wildman–Crippen MR) is 135 cm³/mol. The minimum absolute atomic E-state index is 0.0210. The molecule has 0 unspecified atom stereocenters. The summed E-state index contributed by atoms with van der Waals surface area (Å²) in [6.45, 7) is -0.441. The number of carboxylic acid groups (broad SMARTS) is 1. The van der Waals surface area contributed by atoms with E-state index < -0.39 is 73.6 Å². The Morgan fingerprint density at radius 1 is 1.13 bits per heavy atom. The van der Waals surface area contributed by atoms with Gasteiger partial charge >= 0.3 is 5.97 Å². The van der Waals surface area contributed by atoms with Crippen LogP contribution in [0.5, 0.6) is 0 Å². The normalized spacial score (nSPS) is 27.4. The lowest BCUT2D eigenvalue weighted by atomic mass is 9.88. The van der Waals surface area contributed by atoms with E-state index in [4.69, 9.17) is 30.9 Å². The quantitative estimate of drug-likeness (QED) is 0.154. The van der Waals surface area contributed by atoms with Crippen molar-refractivity contribution in [1.29, 1.82) is 0 Å². The Morgan fingerprint density at radius 2 is 1.79 bits per heavy atom. The molecule has 2 aliphatic rings. The third-order valence-corrected chi connectivity index (χ3v) is 7.03. The van der Waals surface area contributed by atoms with E-state index in [1.165, 1.54) is 0 Å². The average molecular weight is 575 g/mol. The second kappa shape index (κ2) is 14.3. The summed E-state index contributed by atoms with van der Waals surface area (Å²) in [6.07, 6.45) is -6.21. The number of benzene rings is 1. The van der Waals surface area contributed by atoms with Crippen molar-refractivity contribution in [2.24, 2.45) is 5.92 Å². The van der Waals surface area contributed by atoms with Crippen molar-refractivity contribution in [3.05, 3.63) is 34.9 Å². The lowest BCUT2D eigenvalue weighted by Gasteiger charge is -2.47. The molecular weight excluding hydrogens is 540 g/mol. The van der Waals surface area contributed by atoms with E-state index in [1.54, 1.807) is 24.3 Å². The van der Waals surface area contributed by atoms with Crippen molar-refractivity contribution in [3.63, 3.8) is 0 Å². The van der Waals surface area contributed by atoms with Crippen molar-refractivity contribution < 1.29 is 54.1 Å². The fourth-order valence-electron chi connectivity index (χ4n) is 4.52. The van der Waals surface area contributed by atoms with Gasteiger partial charge in [-0.2, -0.15) is 0 Å². The lowest BCUT2D eigenvalue weighted by Crippen LogP contribution is -2.68. The van der Waals surface area contributed by atoms with Crippen LogP contribution < -0.4 is 10.6 Å². The third-order valence-electron chi connectivity index (χ3n) is 6.78. The first-order chi connectivity index (χ1) is 18.5. The number of rotatable bonds is 12. The van der Waals surface area contributed by atoms with Crippen LogP contribution >= 0.6 is 11.6 Å². The molecule has 2 aliphatic heterocycles. The molecule has 2 saturated heterocycles. The fourth-order valence-corrected chi connectivity index (χ4v) is 4.65. The Labute approximate surface area is 230 Å². The number of ether oxygens (including phenoxy) is 3. The van der Waals surface area contributed by atoms with Gasteiger partial charge in [0, 0.05) is 31.2 Å². The van der Waals surface area contributed by atoms with Gasteiger partial charge in [-0.05, 0) is 36.5 Å². The lowest BCUT2D eigenvalue weighted by molar-refractivity contribution is -0.313. The van der Waals surface area contributed by atoms with Gasteiger partial charge in [0.2, 0.25) is 11.8 Å². The monoisotopic (exact) mass is 574 g/mol. The zero-order valence-corrected chi connectivity index (χ0v) is 22.0. The van der Waals surface area contributed by atoms with Crippen LogP contribution in [0.1, 0.15) is 24.8 Å². The van der Waals surface area contributed by atoms with Gasteiger partial charge in [-0.25, -0.2) is 4.79 Å². The van der Waals surface area contributed by atoms with Crippen LogP contribution in [0.3, 0.4) is 0 Å². The number of nitrogens with one attached hydrogen (secondary N) is 2. The average Bonchev–Trinajstić information content (AvgIpc) is 2.93. The number of carbonyl (C=O) groups is 3. The van der Waals surface area contributed by atoms with Crippen LogP contribution in [0.25, 0.3) is 0 Å². The van der Waals surface area contributed by atoms with Gasteiger partial charge in [-0.3, -0.25) is 9.59 Å². The van der Waals surface area contributed by atoms with E-state index in [0.717, 1.165) is 0 Å². The number of amides is 2. The number of aliphatic carboxylic acids is 1. The second-order valence-corrected chi connectivity index (χ2v) is 10.1. The molecule has 0 spiro atoms. The number of carbonyl (C=O) groups excluding carboxylic acids is 2. The van der Waals surface area contributed by atoms with Crippen LogP contribution in [0.15, 0.2) is 24.3 Å². The van der Waals surface area contributed by atoms with Crippen molar-refractivity contribution in [1.82, 2.24) is 10.6 Å². The van der Waals surface area contributed by atoms with Crippen LogP contribution in [-0.2, 0) is 35.0 Å². The van der Waals surface area contributed by atoms with Crippen molar-refractivity contribution in [2.45, 2.75) is 61.9 Å². The highest BCUT2D eigenvalue weighted by atomic mass is 35.5. The third kappa shape index (κ3) is 8.56. The van der Waals surface area contributed by atoms with Crippen LogP contribution in [0, 0.1) is 5.92 Å². The minimum Gasteiger partial charge on any atom is -0.477 e. The van der Waals surface area contributed by atoms with Gasteiger partial charge in [-0.15, -0.1) is 0 Å².